The van der Waals surface area contributed by atoms with Gasteiger partial charge in [-0.05, 0) is 35.4 Å². The van der Waals surface area contributed by atoms with Crippen molar-refractivity contribution in [2.45, 2.75) is 0 Å². The number of aromatic amines is 1. The van der Waals surface area contributed by atoms with Crippen LogP contribution in [0.2, 0.25) is 0 Å². The summed E-state index contributed by atoms with van der Waals surface area (Å²) in [5.41, 5.74) is -0.756. The van der Waals surface area contributed by atoms with Gasteiger partial charge in [0.2, 0.25) is 0 Å². The maximum Gasteiger partial charge on any atom is 0.341 e. The van der Waals surface area contributed by atoms with Crippen LogP contribution in [-0.4, -0.2) is 29.1 Å². The van der Waals surface area contributed by atoms with E-state index in [1.54, 1.807) is 0 Å². The number of H-pyrrole nitrogens is 1. The van der Waals surface area contributed by atoms with Crippen molar-refractivity contribution in [2.24, 2.45) is 0 Å². The van der Waals surface area contributed by atoms with Gasteiger partial charge in [-0.15, -0.1) is 0 Å². The Morgan fingerprint density at radius 1 is 1.19 bits per heavy atom. The van der Waals surface area contributed by atoms with Gasteiger partial charge in [0.25, 0.3) is 5.56 Å². The summed E-state index contributed by atoms with van der Waals surface area (Å²) < 4.78 is 18.1. The van der Waals surface area contributed by atoms with E-state index in [0.717, 1.165) is 25.3 Å². The van der Waals surface area contributed by atoms with E-state index < -0.39 is 28.9 Å². The summed E-state index contributed by atoms with van der Waals surface area (Å²) in [6.45, 7) is 0. The zero-order valence-electron chi connectivity index (χ0n) is 10.8. The number of benzene rings is 1. The number of aromatic carboxylic acids is 1. The van der Waals surface area contributed by atoms with Gasteiger partial charge in [0, 0.05) is 6.20 Å². The van der Waals surface area contributed by atoms with Crippen molar-refractivity contribution in [1.82, 2.24) is 4.98 Å². The number of nitrogens with one attached hydrogen (secondary N) is 1. The standard InChI is InChI=1S/C14H10FNO5/c1-21-14(20)8-2-7(3-10(15)4-8)9-5-11(13(18)19)12(17)16-6-9/h2-6H,1H3,(H,16,17)(H,18,19). The van der Waals surface area contributed by atoms with Crippen molar-refractivity contribution in [3.63, 3.8) is 0 Å². The fourth-order valence-corrected chi connectivity index (χ4v) is 1.80. The lowest BCUT2D eigenvalue weighted by Crippen LogP contribution is -2.16. The molecule has 0 aliphatic heterocycles. The van der Waals surface area contributed by atoms with E-state index in [1.807, 2.05) is 0 Å². The van der Waals surface area contributed by atoms with Crippen LogP contribution in [-0.2, 0) is 4.74 Å². The molecule has 2 rings (SSSR count). The van der Waals surface area contributed by atoms with Gasteiger partial charge in [-0.1, -0.05) is 0 Å². The Morgan fingerprint density at radius 2 is 1.90 bits per heavy atom. The largest absolute Gasteiger partial charge is 0.477 e. The third-order valence-corrected chi connectivity index (χ3v) is 2.79. The summed E-state index contributed by atoms with van der Waals surface area (Å²) in [7, 11) is 1.16. The third-order valence-electron chi connectivity index (χ3n) is 2.79. The average molecular weight is 291 g/mol. The number of carboxylic acid groups (broad SMARTS) is 1. The van der Waals surface area contributed by atoms with Gasteiger partial charge in [-0.25, -0.2) is 14.0 Å². The van der Waals surface area contributed by atoms with Gasteiger partial charge in [0.1, 0.15) is 11.4 Å². The van der Waals surface area contributed by atoms with E-state index in [1.165, 1.54) is 12.3 Å². The van der Waals surface area contributed by atoms with E-state index in [0.29, 0.717) is 0 Å². The van der Waals surface area contributed by atoms with Gasteiger partial charge in [-0.3, -0.25) is 4.79 Å². The molecule has 0 spiro atoms. The summed E-state index contributed by atoms with van der Waals surface area (Å²) in [5, 5.41) is 8.90. The Bertz CT molecular complexity index is 781. The molecule has 1 aromatic carbocycles. The van der Waals surface area contributed by atoms with Crippen LogP contribution < -0.4 is 5.56 Å². The lowest BCUT2D eigenvalue weighted by Gasteiger charge is -2.06. The number of methoxy groups -OCH3 is 1. The molecule has 0 fully saturated rings. The van der Waals surface area contributed by atoms with Gasteiger partial charge >= 0.3 is 11.9 Å². The molecule has 7 heteroatoms. The molecule has 108 valence electrons. The van der Waals surface area contributed by atoms with E-state index in [-0.39, 0.29) is 16.7 Å². The van der Waals surface area contributed by atoms with Crippen molar-refractivity contribution < 1.29 is 23.8 Å². The van der Waals surface area contributed by atoms with Crippen molar-refractivity contribution >= 4 is 11.9 Å². The molecular formula is C14H10FNO5. The van der Waals surface area contributed by atoms with Crippen LogP contribution in [0.1, 0.15) is 20.7 Å². The highest BCUT2D eigenvalue weighted by Gasteiger charge is 2.13. The number of ether oxygens (including phenoxy) is 1. The highest BCUT2D eigenvalue weighted by atomic mass is 19.1. The van der Waals surface area contributed by atoms with Crippen LogP contribution in [0.25, 0.3) is 11.1 Å². The monoisotopic (exact) mass is 291 g/mol. The van der Waals surface area contributed by atoms with Crippen LogP contribution in [0, 0.1) is 5.82 Å². The minimum atomic E-state index is -1.40. The first kappa shape index (κ1) is 14.4. The number of hydrogen-bond donors (Lipinski definition) is 2. The van der Waals surface area contributed by atoms with Crippen LogP contribution in [0.4, 0.5) is 4.39 Å². The highest BCUT2D eigenvalue weighted by Crippen LogP contribution is 2.22. The van der Waals surface area contributed by atoms with Gasteiger partial charge in [0.05, 0.1) is 12.7 Å². The number of halogens is 1. The molecule has 21 heavy (non-hydrogen) atoms. The second kappa shape index (κ2) is 5.58. The number of aromatic nitrogens is 1. The number of carbonyl (C=O) groups excluding carboxylic acids is 1. The number of pyridine rings is 1. The fraction of sp³-hybridized carbons (Fsp3) is 0.0714. The minimum absolute atomic E-state index is 0.0180. The molecule has 0 aliphatic carbocycles. The van der Waals surface area contributed by atoms with E-state index in [2.05, 4.69) is 9.72 Å². The predicted octanol–water partition coefficient (Wildman–Crippen LogP) is 1.67. The summed E-state index contributed by atoms with van der Waals surface area (Å²) in [6.07, 6.45) is 1.24. The molecule has 0 saturated heterocycles. The lowest BCUT2D eigenvalue weighted by atomic mass is 10.0. The summed E-state index contributed by atoms with van der Waals surface area (Å²) >= 11 is 0. The van der Waals surface area contributed by atoms with Crippen LogP contribution in [0.3, 0.4) is 0 Å². The molecule has 0 amide bonds. The van der Waals surface area contributed by atoms with Gasteiger partial charge in [-0.2, -0.15) is 0 Å². The second-order valence-electron chi connectivity index (χ2n) is 4.16. The van der Waals surface area contributed by atoms with Gasteiger partial charge in [0.15, 0.2) is 0 Å². The molecule has 0 unspecified atom stereocenters. The summed E-state index contributed by atoms with van der Waals surface area (Å²) in [5.74, 6) is -2.81. The van der Waals surface area contributed by atoms with Crippen molar-refractivity contribution in [1.29, 1.82) is 0 Å². The van der Waals surface area contributed by atoms with Crippen LogP contribution in [0.5, 0.6) is 0 Å². The Morgan fingerprint density at radius 3 is 2.52 bits per heavy atom. The molecule has 0 bridgehead atoms. The fourth-order valence-electron chi connectivity index (χ4n) is 1.80. The molecule has 6 nitrogen and oxygen atoms in total. The van der Waals surface area contributed by atoms with Crippen molar-refractivity contribution in [2.75, 3.05) is 7.11 Å². The predicted molar refractivity (Wildman–Crippen MR) is 70.8 cm³/mol. The number of carbonyl (C=O) groups is 2. The maximum absolute atomic E-state index is 13.6. The average Bonchev–Trinajstić information content (AvgIpc) is 2.45. The topological polar surface area (TPSA) is 96.5 Å². The first-order chi connectivity index (χ1) is 9.92. The highest BCUT2D eigenvalue weighted by molar-refractivity contribution is 5.92. The Hall–Kier alpha value is -2.96. The van der Waals surface area contributed by atoms with Gasteiger partial charge < -0.3 is 14.8 Å². The quantitative estimate of drug-likeness (QED) is 0.838. The van der Waals surface area contributed by atoms with E-state index in [4.69, 9.17) is 5.11 Å². The SMILES string of the molecule is COC(=O)c1cc(F)cc(-c2c[nH]c(=O)c(C(=O)O)c2)c1. The Labute approximate surface area is 117 Å². The molecule has 1 aromatic heterocycles. The summed E-state index contributed by atoms with van der Waals surface area (Å²) in [6, 6.07) is 4.57. The Kier molecular flexibility index (Phi) is 3.84. The first-order valence-electron chi connectivity index (χ1n) is 5.77. The van der Waals surface area contributed by atoms with E-state index >= 15 is 0 Å². The molecule has 1 heterocycles. The number of hydrogen-bond acceptors (Lipinski definition) is 4. The number of rotatable bonds is 3. The zero-order valence-corrected chi connectivity index (χ0v) is 10.8. The zero-order chi connectivity index (χ0) is 15.6. The number of carboxylic acids is 1. The minimum Gasteiger partial charge on any atom is -0.477 e. The number of esters is 1. The molecule has 2 aromatic rings. The lowest BCUT2D eigenvalue weighted by molar-refractivity contribution is 0.0599. The first-order valence-corrected chi connectivity index (χ1v) is 5.77. The second-order valence-corrected chi connectivity index (χ2v) is 4.16. The van der Waals surface area contributed by atoms with Crippen LogP contribution >= 0.6 is 0 Å². The molecule has 0 aliphatic rings. The molecular weight excluding hydrogens is 281 g/mol. The molecule has 0 radical (unpaired) electrons. The molecule has 2 N–H and O–H groups in total. The smallest absolute Gasteiger partial charge is 0.341 e. The van der Waals surface area contributed by atoms with Crippen LogP contribution in [0.15, 0.2) is 35.3 Å². The third kappa shape index (κ3) is 2.97. The molecule has 0 saturated carbocycles. The summed E-state index contributed by atoms with van der Waals surface area (Å²) in [4.78, 5) is 36.0. The normalized spacial score (nSPS) is 10.2. The van der Waals surface area contributed by atoms with E-state index in [9.17, 15) is 18.8 Å². The van der Waals surface area contributed by atoms with Crippen molar-refractivity contribution in [3.05, 3.63) is 57.8 Å². The van der Waals surface area contributed by atoms with Crippen molar-refractivity contribution in [3.8, 4) is 11.1 Å². The molecule has 0 atom stereocenters. The maximum atomic E-state index is 13.6. The Balaban J connectivity index is 2.59.